The van der Waals surface area contributed by atoms with Gasteiger partial charge in [0.2, 0.25) is 5.91 Å². The molecular weight excluding hydrogens is 312 g/mol. The van der Waals surface area contributed by atoms with Gasteiger partial charge in [-0.2, -0.15) is 0 Å². The van der Waals surface area contributed by atoms with E-state index in [2.05, 4.69) is 15.5 Å². The number of piperidine rings is 1. The van der Waals surface area contributed by atoms with Gasteiger partial charge in [0.25, 0.3) is 0 Å². The number of hydrogen-bond acceptors (Lipinski definition) is 4. The Kier molecular flexibility index (Phi) is 6.73. The molecular formula is C16H24N4O2S. The summed E-state index contributed by atoms with van der Waals surface area (Å²) in [5.41, 5.74) is 5.95. The van der Waals surface area contributed by atoms with Crippen LogP contribution < -0.4 is 16.4 Å². The van der Waals surface area contributed by atoms with Gasteiger partial charge >= 0.3 is 6.03 Å². The number of hydrogen-bond donors (Lipinski definition) is 3. The fraction of sp³-hybridized carbons (Fsp3) is 0.500. The number of thioether (sulfide) groups is 1. The average Bonchev–Trinajstić information content (AvgIpc) is 2.54. The lowest BCUT2D eigenvalue weighted by molar-refractivity contribution is -0.118. The molecule has 7 heteroatoms. The smallest absolute Gasteiger partial charge is 0.312 e. The molecule has 0 bridgehead atoms. The predicted molar refractivity (Wildman–Crippen MR) is 93.7 cm³/mol. The van der Waals surface area contributed by atoms with E-state index in [-0.39, 0.29) is 11.9 Å². The van der Waals surface area contributed by atoms with Crippen LogP contribution >= 0.6 is 11.8 Å². The van der Waals surface area contributed by atoms with Crippen molar-refractivity contribution >= 4 is 29.4 Å². The van der Waals surface area contributed by atoms with E-state index in [4.69, 9.17) is 5.73 Å². The number of rotatable bonds is 6. The minimum absolute atomic E-state index is 0.0331. The maximum atomic E-state index is 12.3. The topological polar surface area (TPSA) is 87.5 Å². The van der Waals surface area contributed by atoms with Gasteiger partial charge in [-0.05, 0) is 43.8 Å². The molecule has 1 aliphatic rings. The molecule has 3 amide bonds. The van der Waals surface area contributed by atoms with E-state index >= 15 is 0 Å². The van der Waals surface area contributed by atoms with E-state index in [9.17, 15) is 9.59 Å². The molecule has 0 aliphatic carbocycles. The molecule has 2 rings (SSSR count). The molecule has 0 spiro atoms. The lowest BCUT2D eigenvalue weighted by Gasteiger charge is -2.35. The Morgan fingerprint density at radius 3 is 2.96 bits per heavy atom. The van der Waals surface area contributed by atoms with Crippen LogP contribution in [0.1, 0.15) is 19.3 Å². The molecule has 0 aromatic heterocycles. The zero-order chi connectivity index (χ0) is 16.7. The second-order valence-electron chi connectivity index (χ2n) is 5.65. The summed E-state index contributed by atoms with van der Waals surface area (Å²) in [5.74, 6) is -0.0331. The number of primary amides is 1. The van der Waals surface area contributed by atoms with Crippen molar-refractivity contribution in [2.75, 3.05) is 31.2 Å². The molecule has 1 atom stereocenters. The van der Waals surface area contributed by atoms with E-state index in [1.54, 1.807) is 11.8 Å². The molecule has 1 aromatic carbocycles. The Balaban J connectivity index is 1.89. The summed E-state index contributed by atoms with van der Waals surface area (Å²) >= 11 is 1.64. The summed E-state index contributed by atoms with van der Waals surface area (Å²) in [4.78, 5) is 26.4. The molecule has 126 valence electrons. The van der Waals surface area contributed by atoms with Crippen LogP contribution in [0.2, 0.25) is 0 Å². The Labute approximate surface area is 141 Å². The highest BCUT2D eigenvalue weighted by Gasteiger charge is 2.24. The Bertz CT molecular complexity index is 553. The third kappa shape index (κ3) is 5.76. The van der Waals surface area contributed by atoms with E-state index in [0.717, 1.165) is 36.4 Å². The van der Waals surface area contributed by atoms with Gasteiger partial charge in [-0.15, -0.1) is 11.8 Å². The normalized spacial score (nSPS) is 18.4. The standard InChI is InChI=1S/C16H24N4O2S/c1-23-14-7-4-5-12(9-14)19-15(21)11-20-8-3-2-6-13(20)10-18-16(17)22/h4-5,7,9,13H,2-3,6,8,10-11H2,1H3,(H,19,21)(H3,17,18,22)/t13-/m1/s1. The third-order valence-electron chi connectivity index (χ3n) is 3.96. The van der Waals surface area contributed by atoms with Crippen LogP contribution in [0.15, 0.2) is 29.2 Å². The molecule has 0 unspecified atom stereocenters. The van der Waals surface area contributed by atoms with Crippen molar-refractivity contribution in [2.45, 2.75) is 30.2 Å². The van der Waals surface area contributed by atoms with Gasteiger partial charge in [-0.3, -0.25) is 9.69 Å². The summed E-state index contributed by atoms with van der Waals surface area (Å²) in [5, 5.41) is 5.59. The first kappa shape index (κ1) is 17.6. The van der Waals surface area contributed by atoms with Crippen LogP contribution in [0.4, 0.5) is 10.5 Å². The first-order valence-corrected chi connectivity index (χ1v) is 9.02. The molecule has 23 heavy (non-hydrogen) atoms. The molecule has 6 nitrogen and oxygen atoms in total. The van der Waals surface area contributed by atoms with Crippen molar-refractivity contribution in [3.8, 4) is 0 Å². The minimum Gasteiger partial charge on any atom is -0.352 e. The largest absolute Gasteiger partial charge is 0.352 e. The Morgan fingerprint density at radius 2 is 2.22 bits per heavy atom. The maximum absolute atomic E-state index is 12.3. The number of nitrogens with one attached hydrogen (secondary N) is 2. The van der Waals surface area contributed by atoms with Gasteiger partial charge in [0.1, 0.15) is 0 Å². The van der Waals surface area contributed by atoms with Crippen LogP contribution in [-0.2, 0) is 4.79 Å². The monoisotopic (exact) mass is 336 g/mol. The number of amides is 3. The summed E-state index contributed by atoms with van der Waals surface area (Å²) < 4.78 is 0. The Hall–Kier alpha value is -1.73. The first-order chi connectivity index (χ1) is 11.1. The maximum Gasteiger partial charge on any atom is 0.312 e. The van der Waals surface area contributed by atoms with Crippen molar-refractivity contribution in [2.24, 2.45) is 5.73 Å². The number of anilines is 1. The first-order valence-electron chi connectivity index (χ1n) is 7.79. The van der Waals surface area contributed by atoms with Crippen molar-refractivity contribution in [1.82, 2.24) is 10.2 Å². The van der Waals surface area contributed by atoms with E-state index in [0.29, 0.717) is 13.1 Å². The second-order valence-corrected chi connectivity index (χ2v) is 6.53. The average molecular weight is 336 g/mol. The van der Waals surface area contributed by atoms with Crippen molar-refractivity contribution in [3.05, 3.63) is 24.3 Å². The van der Waals surface area contributed by atoms with Crippen LogP contribution in [0, 0.1) is 0 Å². The summed E-state index contributed by atoms with van der Waals surface area (Å²) in [6.45, 7) is 1.68. The van der Waals surface area contributed by atoms with Crippen molar-refractivity contribution in [1.29, 1.82) is 0 Å². The number of carbonyl (C=O) groups is 2. The van der Waals surface area contributed by atoms with Gasteiger partial charge in [0, 0.05) is 23.2 Å². The number of benzene rings is 1. The molecule has 1 fully saturated rings. The van der Waals surface area contributed by atoms with E-state index in [1.165, 1.54) is 0 Å². The van der Waals surface area contributed by atoms with Gasteiger partial charge in [0.05, 0.1) is 6.54 Å². The second kappa shape index (κ2) is 8.79. The molecule has 1 aromatic rings. The highest BCUT2D eigenvalue weighted by Crippen LogP contribution is 2.20. The van der Waals surface area contributed by atoms with E-state index in [1.807, 2.05) is 30.5 Å². The Morgan fingerprint density at radius 1 is 1.39 bits per heavy atom. The number of likely N-dealkylation sites (tertiary alicyclic amines) is 1. The minimum atomic E-state index is -0.520. The summed E-state index contributed by atoms with van der Waals surface area (Å²) in [6, 6.07) is 7.44. The third-order valence-corrected chi connectivity index (χ3v) is 4.69. The molecule has 0 saturated carbocycles. The lowest BCUT2D eigenvalue weighted by atomic mass is 10.0. The summed E-state index contributed by atoms with van der Waals surface area (Å²) in [6.07, 6.45) is 5.15. The summed E-state index contributed by atoms with van der Waals surface area (Å²) in [7, 11) is 0. The zero-order valence-corrected chi connectivity index (χ0v) is 14.2. The predicted octanol–water partition coefficient (Wildman–Crippen LogP) is 1.87. The van der Waals surface area contributed by atoms with E-state index < -0.39 is 6.03 Å². The highest BCUT2D eigenvalue weighted by atomic mass is 32.2. The van der Waals surface area contributed by atoms with Gasteiger partial charge in [-0.25, -0.2) is 4.79 Å². The number of carbonyl (C=O) groups excluding carboxylic acids is 2. The van der Waals surface area contributed by atoms with Crippen LogP contribution in [0.5, 0.6) is 0 Å². The SMILES string of the molecule is CSc1cccc(NC(=O)CN2CCCC[C@@H]2CNC(N)=O)c1. The molecule has 1 heterocycles. The van der Waals surface area contributed by atoms with Crippen LogP contribution in [0.25, 0.3) is 0 Å². The molecule has 4 N–H and O–H groups in total. The fourth-order valence-electron chi connectivity index (χ4n) is 2.80. The van der Waals surface area contributed by atoms with Crippen molar-refractivity contribution in [3.63, 3.8) is 0 Å². The number of nitrogens with two attached hydrogens (primary N) is 1. The fourth-order valence-corrected chi connectivity index (χ4v) is 3.26. The number of urea groups is 1. The van der Waals surface area contributed by atoms with Crippen molar-refractivity contribution < 1.29 is 9.59 Å². The lowest BCUT2D eigenvalue weighted by Crippen LogP contribution is -2.50. The van der Waals surface area contributed by atoms with Gasteiger partial charge in [-0.1, -0.05) is 12.5 Å². The van der Waals surface area contributed by atoms with Gasteiger partial charge in [0.15, 0.2) is 0 Å². The number of nitrogens with zero attached hydrogens (tertiary/aromatic N) is 1. The zero-order valence-electron chi connectivity index (χ0n) is 13.4. The van der Waals surface area contributed by atoms with Gasteiger partial charge < -0.3 is 16.4 Å². The quantitative estimate of drug-likeness (QED) is 0.692. The molecule has 1 aliphatic heterocycles. The highest BCUT2D eigenvalue weighted by molar-refractivity contribution is 7.98. The van der Waals surface area contributed by atoms with Crippen LogP contribution in [0.3, 0.4) is 0 Å². The molecule has 1 saturated heterocycles. The van der Waals surface area contributed by atoms with Crippen LogP contribution in [-0.4, -0.2) is 48.8 Å². The molecule has 0 radical (unpaired) electrons.